The number of nitrogens with zero attached hydrogens (tertiary/aromatic N) is 1. The lowest BCUT2D eigenvalue weighted by atomic mass is 10.2. The number of morpholine rings is 1. The molecule has 1 saturated heterocycles. The first kappa shape index (κ1) is 15.2. The lowest BCUT2D eigenvalue weighted by molar-refractivity contribution is -0.0516. The lowest BCUT2D eigenvalue weighted by Gasteiger charge is -2.36. The summed E-state index contributed by atoms with van der Waals surface area (Å²) >= 11 is 0. The highest BCUT2D eigenvalue weighted by molar-refractivity contribution is 7.89. The third-order valence-corrected chi connectivity index (χ3v) is 5.29. The summed E-state index contributed by atoms with van der Waals surface area (Å²) in [6.07, 6.45) is -0.617. The molecule has 20 heavy (non-hydrogen) atoms. The van der Waals surface area contributed by atoms with Crippen molar-refractivity contribution in [2.45, 2.75) is 24.0 Å². The van der Waals surface area contributed by atoms with Crippen LogP contribution in [0.4, 0.5) is 10.1 Å². The number of ether oxygens (including phenoxy) is 1. The predicted molar refractivity (Wildman–Crippen MR) is 71.0 cm³/mol. The number of aliphatic hydroxyl groups is 1. The van der Waals surface area contributed by atoms with E-state index in [2.05, 4.69) is 0 Å². The zero-order chi connectivity index (χ0) is 14.9. The van der Waals surface area contributed by atoms with Crippen LogP contribution in [0.1, 0.15) is 6.92 Å². The van der Waals surface area contributed by atoms with Gasteiger partial charge in [-0.3, -0.25) is 0 Å². The van der Waals surface area contributed by atoms with E-state index in [0.29, 0.717) is 0 Å². The van der Waals surface area contributed by atoms with Crippen LogP contribution in [0.2, 0.25) is 0 Å². The highest BCUT2D eigenvalue weighted by Gasteiger charge is 2.37. The Hall–Kier alpha value is -1.22. The van der Waals surface area contributed by atoms with Gasteiger partial charge in [0, 0.05) is 12.6 Å². The van der Waals surface area contributed by atoms with Gasteiger partial charge in [-0.05, 0) is 19.1 Å². The first-order chi connectivity index (χ1) is 9.37. The van der Waals surface area contributed by atoms with Gasteiger partial charge in [0.05, 0.1) is 25.0 Å². The Kier molecular flexibility index (Phi) is 4.28. The molecule has 1 aromatic carbocycles. The highest BCUT2D eigenvalue weighted by Crippen LogP contribution is 2.28. The van der Waals surface area contributed by atoms with Gasteiger partial charge in [-0.2, -0.15) is 4.31 Å². The molecular weight excluding hydrogens is 287 g/mol. The summed E-state index contributed by atoms with van der Waals surface area (Å²) in [5.41, 5.74) is 5.47. The maximum atomic E-state index is 13.8. The molecule has 1 aliphatic rings. The van der Waals surface area contributed by atoms with E-state index < -0.39 is 32.9 Å². The third-order valence-electron chi connectivity index (χ3n) is 3.22. The fraction of sp³-hybridized carbons (Fsp3) is 0.500. The number of hydrogen-bond acceptors (Lipinski definition) is 5. The van der Waals surface area contributed by atoms with E-state index in [1.54, 1.807) is 6.92 Å². The average molecular weight is 304 g/mol. The van der Waals surface area contributed by atoms with Crippen molar-refractivity contribution in [2.75, 3.05) is 25.5 Å². The van der Waals surface area contributed by atoms with Gasteiger partial charge in [0.15, 0.2) is 0 Å². The number of nitrogen functional groups attached to an aromatic ring is 1. The number of benzene rings is 1. The summed E-state index contributed by atoms with van der Waals surface area (Å²) in [5, 5.41) is 9.10. The van der Waals surface area contributed by atoms with Gasteiger partial charge in [-0.25, -0.2) is 12.8 Å². The summed E-state index contributed by atoms with van der Waals surface area (Å²) in [5.74, 6) is -0.885. The average Bonchev–Trinajstić information content (AvgIpc) is 2.38. The maximum absolute atomic E-state index is 13.8. The van der Waals surface area contributed by atoms with Crippen molar-refractivity contribution in [2.24, 2.45) is 0 Å². The van der Waals surface area contributed by atoms with Crippen LogP contribution in [-0.4, -0.2) is 49.7 Å². The zero-order valence-electron chi connectivity index (χ0n) is 11.0. The van der Waals surface area contributed by atoms with Crippen molar-refractivity contribution < 1.29 is 22.7 Å². The number of rotatable bonds is 3. The molecule has 0 amide bonds. The molecule has 1 aromatic rings. The molecule has 0 aromatic heterocycles. The minimum Gasteiger partial charge on any atom is -0.398 e. The van der Waals surface area contributed by atoms with Crippen LogP contribution in [-0.2, 0) is 14.8 Å². The first-order valence-corrected chi connectivity index (χ1v) is 7.60. The SMILES string of the molecule is CC1COC(CO)CN1S(=O)(=O)c1c(N)cccc1F. The summed E-state index contributed by atoms with van der Waals surface area (Å²) in [6, 6.07) is 3.28. The number of halogens is 1. The van der Waals surface area contributed by atoms with E-state index in [9.17, 15) is 12.8 Å². The molecule has 0 saturated carbocycles. The first-order valence-electron chi connectivity index (χ1n) is 6.16. The lowest BCUT2D eigenvalue weighted by Crippen LogP contribution is -2.52. The molecule has 112 valence electrons. The van der Waals surface area contributed by atoms with Crippen LogP contribution in [0.25, 0.3) is 0 Å². The predicted octanol–water partition coefficient (Wildman–Crippen LogP) is 0.178. The molecule has 2 atom stereocenters. The minimum absolute atomic E-state index is 0.0340. The Bertz CT molecular complexity index is 573. The van der Waals surface area contributed by atoms with Crippen LogP contribution in [0.5, 0.6) is 0 Å². The second kappa shape index (κ2) is 5.65. The summed E-state index contributed by atoms with van der Waals surface area (Å²) < 4.78 is 45.4. The van der Waals surface area contributed by atoms with E-state index in [4.69, 9.17) is 15.6 Å². The largest absolute Gasteiger partial charge is 0.398 e. The number of nitrogens with two attached hydrogens (primary N) is 1. The van der Waals surface area contributed by atoms with E-state index >= 15 is 0 Å². The standard InChI is InChI=1S/C12H17FN2O4S/c1-8-7-19-9(6-16)5-15(8)20(17,18)12-10(13)3-2-4-11(12)14/h2-4,8-9,16H,5-7,14H2,1H3. The second-order valence-electron chi connectivity index (χ2n) is 4.72. The van der Waals surface area contributed by atoms with E-state index in [1.807, 2.05) is 0 Å². The van der Waals surface area contributed by atoms with Crippen LogP contribution >= 0.6 is 0 Å². The second-order valence-corrected chi connectivity index (χ2v) is 6.55. The van der Waals surface area contributed by atoms with E-state index in [0.717, 1.165) is 10.4 Å². The molecule has 8 heteroatoms. The van der Waals surface area contributed by atoms with Crippen LogP contribution in [0, 0.1) is 5.82 Å². The molecule has 0 radical (unpaired) electrons. The molecule has 1 heterocycles. The monoisotopic (exact) mass is 304 g/mol. The molecule has 1 aliphatic heterocycles. The normalized spacial score (nSPS) is 24.8. The highest BCUT2D eigenvalue weighted by atomic mass is 32.2. The third kappa shape index (κ3) is 2.64. The molecular formula is C12H17FN2O4S. The molecule has 3 N–H and O–H groups in total. The van der Waals surface area contributed by atoms with Crippen molar-refractivity contribution in [3.05, 3.63) is 24.0 Å². The van der Waals surface area contributed by atoms with Crippen LogP contribution in [0.15, 0.2) is 23.1 Å². The van der Waals surface area contributed by atoms with Gasteiger partial charge >= 0.3 is 0 Å². The number of hydrogen-bond donors (Lipinski definition) is 2. The fourth-order valence-corrected chi connectivity index (χ4v) is 3.96. The Balaban J connectivity index is 2.43. The van der Waals surface area contributed by atoms with Gasteiger partial charge in [-0.1, -0.05) is 6.07 Å². The summed E-state index contributed by atoms with van der Waals surface area (Å²) in [6.45, 7) is 1.46. The van der Waals surface area contributed by atoms with Gasteiger partial charge in [0.1, 0.15) is 10.7 Å². The number of anilines is 1. The number of sulfonamides is 1. The Morgan fingerprint density at radius 1 is 1.55 bits per heavy atom. The fourth-order valence-electron chi connectivity index (χ4n) is 2.15. The molecule has 2 unspecified atom stereocenters. The molecule has 0 aliphatic carbocycles. The van der Waals surface area contributed by atoms with E-state index in [1.165, 1.54) is 12.1 Å². The Morgan fingerprint density at radius 2 is 2.25 bits per heavy atom. The minimum atomic E-state index is -4.07. The van der Waals surface area contributed by atoms with E-state index in [-0.39, 0.29) is 25.4 Å². The molecule has 0 bridgehead atoms. The van der Waals surface area contributed by atoms with Gasteiger partial charge in [0.25, 0.3) is 0 Å². The van der Waals surface area contributed by atoms with Crippen molar-refractivity contribution in [1.82, 2.24) is 4.31 Å². The van der Waals surface area contributed by atoms with Crippen molar-refractivity contribution in [3.63, 3.8) is 0 Å². The smallest absolute Gasteiger partial charge is 0.248 e. The molecule has 0 spiro atoms. The Labute approximate surface area is 117 Å². The Morgan fingerprint density at radius 3 is 2.85 bits per heavy atom. The van der Waals surface area contributed by atoms with Crippen molar-refractivity contribution >= 4 is 15.7 Å². The van der Waals surface area contributed by atoms with Gasteiger partial charge < -0.3 is 15.6 Å². The summed E-state index contributed by atoms with van der Waals surface area (Å²) in [7, 11) is -4.07. The quantitative estimate of drug-likeness (QED) is 0.777. The van der Waals surface area contributed by atoms with Crippen LogP contribution in [0.3, 0.4) is 0 Å². The van der Waals surface area contributed by atoms with Gasteiger partial charge in [-0.15, -0.1) is 0 Å². The van der Waals surface area contributed by atoms with Crippen LogP contribution < -0.4 is 5.73 Å². The van der Waals surface area contributed by atoms with Gasteiger partial charge in [0.2, 0.25) is 10.0 Å². The molecule has 1 fully saturated rings. The molecule has 6 nitrogen and oxygen atoms in total. The van der Waals surface area contributed by atoms with Crippen molar-refractivity contribution in [3.8, 4) is 0 Å². The topological polar surface area (TPSA) is 92.9 Å². The summed E-state index contributed by atoms with van der Waals surface area (Å²) in [4.78, 5) is -0.523. The number of aliphatic hydroxyl groups excluding tert-OH is 1. The zero-order valence-corrected chi connectivity index (χ0v) is 11.8. The maximum Gasteiger partial charge on any atom is 0.248 e. The van der Waals surface area contributed by atoms with Crippen molar-refractivity contribution in [1.29, 1.82) is 0 Å². The molecule has 2 rings (SSSR count).